The minimum atomic E-state index is -0.469. The van der Waals surface area contributed by atoms with E-state index in [9.17, 15) is 9.18 Å². The van der Waals surface area contributed by atoms with Crippen molar-refractivity contribution in [1.29, 1.82) is 0 Å². The van der Waals surface area contributed by atoms with Crippen LogP contribution in [0.5, 0.6) is 5.75 Å². The molecule has 24 heavy (non-hydrogen) atoms. The number of carbonyl (C=O) groups excluding carboxylic acids is 1. The van der Waals surface area contributed by atoms with E-state index in [1.54, 1.807) is 45.2 Å². The number of aryl methyl sites for hydroxylation is 2. The summed E-state index contributed by atoms with van der Waals surface area (Å²) in [7, 11) is 1.69. The molecule has 1 heterocycles. The van der Waals surface area contributed by atoms with Gasteiger partial charge >= 0.3 is 0 Å². The molecule has 0 spiro atoms. The molecule has 0 bridgehead atoms. The molecule has 1 aromatic carbocycles. The maximum Gasteiger partial charge on any atom is 0.269 e. The van der Waals surface area contributed by atoms with Crippen LogP contribution in [0, 0.1) is 24.6 Å². The minimum absolute atomic E-state index is 0.0703. The number of nitrogens with one attached hydrogen (secondary N) is 1. The molecular weight excluding hydrogens is 309 g/mol. The van der Waals surface area contributed by atoms with Crippen LogP contribution >= 0.6 is 0 Å². The number of nitrogens with zero attached hydrogens (tertiary/aromatic N) is 2. The van der Waals surface area contributed by atoms with E-state index in [1.807, 2.05) is 0 Å². The molecule has 1 aromatic heterocycles. The number of hydrogen-bond acceptors (Lipinski definition) is 3. The largest absolute Gasteiger partial charge is 0.490 e. The first-order chi connectivity index (χ1) is 11.5. The molecular formula is C18H20FN3O2. The van der Waals surface area contributed by atoms with Gasteiger partial charge in [0.15, 0.2) is 11.6 Å². The van der Waals surface area contributed by atoms with E-state index < -0.39 is 5.82 Å². The Morgan fingerprint density at radius 2 is 2.25 bits per heavy atom. The fraction of sp³-hybridized carbons (Fsp3) is 0.333. The molecule has 0 aliphatic rings. The van der Waals surface area contributed by atoms with Gasteiger partial charge in [0.2, 0.25) is 0 Å². The third-order valence-electron chi connectivity index (χ3n) is 3.38. The maximum atomic E-state index is 14.4. The number of halogens is 1. The van der Waals surface area contributed by atoms with Crippen LogP contribution in [0.2, 0.25) is 0 Å². The summed E-state index contributed by atoms with van der Waals surface area (Å²) in [6.07, 6.45) is 0.538. The molecule has 0 aliphatic heterocycles. The Bertz CT molecular complexity index is 787. The van der Waals surface area contributed by atoms with Crippen molar-refractivity contribution < 1.29 is 13.9 Å². The van der Waals surface area contributed by atoms with E-state index in [4.69, 9.17) is 4.74 Å². The van der Waals surface area contributed by atoms with Crippen molar-refractivity contribution >= 4 is 5.91 Å². The molecule has 0 atom stereocenters. The topological polar surface area (TPSA) is 56.1 Å². The lowest BCUT2D eigenvalue weighted by Crippen LogP contribution is -2.25. The smallest absolute Gasteiger partial charge is 0.269 e. The number of carbonyl (C=O) groups is 1. The zero-order valence-electron chi connectivity index (χ0n) is 14.0. The van der Waals surface area contributed by atoms with Crippen LogP contribution < -0.4 is 10.1 Å². The van der Waals surface area contributed by atoms with Gasteiger partial charge in [0.25, 0.3) is 5.91 Å². The molecule has 2 rings (SSSR count). The molecule has 0 fully saturated rings. The van der Waals surface area contributed by atoms with Gasteiger partial charge in [-0.3, -0.25) is 9.48 Å². The first-order valence-electron chi connectivity index (χ1n) is 7.61. The molecule has 1 N–H and O–H groups in total. The lowest BCUT2D eigenvalue weighted by molar-refractivity contribution is 0.0941. The monoisotopic (exact) mass is 329 g/mol. The standard InChI is InChI=1S/C18H20FN3O2/c1-4-5-6-10-24-16-9-7-8-14(17(16)19)12-20-18(23)15-11-13(2)21-22(15)3/h7-9,11H,6,10,12H2,1-3H3,(H,20,23). The number of benzene rings is 1. The molecule has 0 saturated heterocycles. The van der Waals surface area contributed by atoms with E-state index in [0.717, 1.165) is 5.69 Å². The van der Waals surface area contributed by atoms with Crippen LogP contribution in [0.15, 0.2) is 24.3 Å². The molecule has 5 nitrogen and oxygen atoms in total. The molecule has 0 unspecified atom stereocenters. The predicted molar refractivity (Wildman–Crippen MR) is 89.1 cm³/mol. The van der Waals surface area contributed by atoms with Gasteiger partial charge < -0.3 is 10.1 Å². The normalized spacial score (nSPS) is 10.0. The molecule has 6 heteroatoms. The second kappa shape index (κ2) is 8.16. The van der Waals surface area contributed by atoms with Crippen molar-refractivity contribution in [2.75, 3.05) is 6.61 Å². The summed E-state index contributed by atoms with van der Waals surface area (Å²) in [6, 6.07) is 6.55. The Labute approximate surface area is 140 Å². The summed E-state index contributed by atoms with van der Waals surface area (Å²) in [5.74, 6) is 5.00. The average molecular weight is 329 g/mol. The van der Waals surface area contributed by atoms with Crippen LogP contribution in [0.3, 0.4) is 0 Å². The van der Waals surface area contributed by atoms with Gasteiger partial charge in [-0.2, -0.15) is 5.10 Å². The number of hydrogen-bond donors (Lipinski definition) is 1. The Morgan fingerprint density at radius 1 is 1.46 bits per heavy atom. The SMILES string of the molecule is CC#CCCOc1cccc(CNC(=O)c2cc(C)nn2C)c1F. The van der Waals surface area contributed by atoms with E-state index >= 15 is 0 Å². The summed E-state index contributed by atoms with van der Waals surface area (Å²) >= 11 is 0. The van der Waals surface area contributed by atoms with E-state index in [2.05, 4.69) is 22.3 Å². The van der Waals surface area contributed by atoms with Gasteiger partial charge in [0, 0.05) is 25.6 Å². The number of ether oxygens (including phenoxy) is 1. The molecule has 0 aliphatic carbocycles. The van der Waals surface area contributed by atoms with Gasteiger partial charge in [-0.05, 0) is 26.0 Å². The summed E-state index contributed by atoms with van der Waals surface area (Å²) in [5, 5.41) is 6.81. The van der Waals surface area contributed by atoms with Crippen molar-refractivity contribution in [3.63, 3.8) is 0 Å². The van der Waals surface area contributed by atoms with Crippen LogP contribution in [0.4, 0.5) is 4.39 Å². The first-order valence-corrected chi connectivity index (χ1v) is 7.61. The highest BCUT2D eigenvalue weighted by atomic mass is 19.1. The summed E-state index contributed by atoms with van der Waals surface area (Å²) in [5.41, 5.74) is 1.54. The lowest BCUT2D eigenvalue weighted by Gasteiger charge is -2.10. The van der Waals surface area contributed by atoms with Crippen molar-refractivity contribution in [2.24, 2.45) is 7.05 Å². The van der Waals surface area contributed by atoms with Gasteiger partial charge in [-0.15, -0.1) is 11.8 Å². The van der Waals surface area contributed by atoms with Crippen molar-refractivity contribution in [3.05, 3.63) is 47.0 Å². The summed E-state index contributed by atoms with van der Waals surface area (Å²) in [6.45, 7) is 3.94. The molecule has 1 amide bonds. The van der Waals surface area contributed by atoms with Crippen molar-refractivity contribution in [2.45, 2.75) is 26.8 Å². The lowest BCUT2D eigenvalue weighted by atomic mass is 10.2. The molecule has 126 valence electrons. The predicted octanol–water partition coefficient (Wildman–Crippen LogP) is 2.59. The van der Waals surface area contributed by atoms with Crippen LogP contribution in [-0.2, 0) is 13.6 Å². The van der Waals surface area contributed by atoms with Crippen LogP contribution in [-0.4, -0.2) is 22.3 Å². The molecule has 0 saturated carbocycles. The van der Waals surface area contributed by atoms with E-state index in [-0.39, 0.29) is 18.2 Å². The first kappa shape index (κ1) is 17.5. The van der Waals surface area contributed by atoms with E-state index in [1.165, 1.54) is 4.68 Å². The summed E-state index contributed by atoms with van der Waals surface area (Å²) < 4.78 is 21.3. The quantitative estimate of drug-likeness (QED) is 0.655. The highest BCUT2D eigenvalue weighted by molar-refractivity contribution is 5.92. The third-order valence-corrected chi connectivity index (χ3v) is 3.38. The van der Waals surface area contributed by atoms with E-state index in [0.29, 0.717) is 24.3 Å². The highest BCUT2D eigenvalue weighted by Gasteiger charge is 2.14. The Morgan fingerprint density at radius 3 is 2.92 bits per heavy atom. The van der Waals surface area contributed by atoms with Gasteiger partial charge in [0.1, 0.15) is 5.69 Å². The molecule has 2 aromatic rings. The fourth-order valence-electron chi connectivity index (χ4n) is 2.23. The zero-order chi connectivity index (χ0) is 17.5. The second-order valence-electron chi connectivity index (χ2n) is 5.23. The Hall–Kier alpha value is -2.81. The second-order valence-corrected chi connectivity index (χ2v) is 5.23. The molecule has 0 radical (unpaired) electrons. The number of rotatable bonds is 6. The van der Waals surface area contributed by atoms with Gasteiger partial charge in [-0.25, -0.2) is 4.39 Å². The van der Waals surface area contributed by atoms with Crippen molar-refractivity contribution in [3.8, 4) is 17.6 Å². The van der Waals surface area contributed by atoms with Crippen molar-refractivity contribution in [1.82, 2.24) is 15.1 Å². The maximum absolute atomic E-state index is 14.4. The van der Waals surface area contributed by atoms with Gasteiger partial charge in [-0.1, -0.05) is 12.1 Å². The van der Waals surface area contributed by atoms with Crippen LogP contribution in [0.1, 0.15) is 35.1 Å². The minimum Gasteiger partial charge on any atom is -0.490 e. The average Bonchev–Trinajstić information content (AvgIpc) is 2.90. The fourth-order valence-corrected chi connectivity index (χ4v) is 2.23. The van der Waals surface area contributed by atoms with Crippen LogP contribution in [0.25, 0.3) is 0 Å². The number of amides is 1. The third kappa shape index (κ3) is 4.35. The summed E-state index contributed by atoms with van der Waals surface area (Å²) in [4.78, 5) is 12.2. The highest BCUT2D eigenvalue weighted by Crippen LogP contribution is 2.20. The zero-order valence-corrected chi connectivity index (χ0v) is 14.0. The Kier molecular flexibility index (Phi) is 5.96. The Balaban J connectivity index is 2.00. The number of aromatic nitrogens is 2. The van der Waals surface area contributed by atoms with Gasteiger partial charge in [0.05, 0.1) is 12.3 Å².